The zero-order valence-electron chi connectivity index (χ0n) is 29.3. The molecular weight excluding hydrogens is 744 g/mol. The van der Waals surface area contributed by atoms with Gasteiger partial charge in [0, 0.05) is 19.2 Å². The van der Waals surface area contributed by atoms with Crippen LogP contribution in [0, 0.1) is 0 Å². The van der Waals surface area contributed by atoms with Gasteiger partial charge in [-0.15, -0.1) is 11.3 Å². The van der Waals surface area contributed by atoms with E-state index in [9.17, 15) is 0 Å². The minimum Gasteiger partial charge on any atom is -0.147 e. The molecule has 0 saturated heterocycles. The highest BCUT2D eigenvalue weighted by atomic mass is 79.9. The van der Waals surface area contributed by atoms with Crippen molar-refractivity contribution in [3.63, 3.8) is 0 Å². The van der Waals surface area contributed by atoms with Crippen LogP contribution >= 0.6 is 43.2 Å². The van der Waals surface area contributed by atoms with Crippen molar-refractivity contribution < 1.29 is 0 Å². The Morgan fingerprint density at radius 1 is 0.490 bits per heavy atom. The third kappa shape index (κ3) is 6.36. The van der Waals surface area contributed by atoms with Crippen molar-refractivity contribution in [3.8, 4) is 22.3 Å². The summed E-state index contributed by atoms with van der Waals surface area (Å²) in [5.74, 6) is 0. The molecule has 49 heavy (non-hydrogen) atoms. The second-order valence-corrected chi connectivity index (χ2v) is 17.3. The number of thiophene rings is 1. The van der Waals surface area contributed by atoms with Crippen LogP contribution < -0.4 is 0 Å². The van der Waals surface area contributed by atoms with E-state index in [1.807, 2.05) is 11.3 Å². The normalized spacial score (nSPS) is 16.7. The van der Waals surface area contributed by atoms with E-state index < -0.39 is 0 Å². The highest BCUT2D eigenvalue weighted by molar-refractivity contribution is 9.10. The Kier molecular flexibility index (Phi) is 11.0. The first kappa shape index (κ1) is 35.0. The summed E-state index contributed by atoms with van der Waals surface area (Å²) >= 11 is 9.72. The maximum atomic E-state index is 3.94. The van der Waals surface area contributed by atoms with Gasteiger partial charge in [0.25, 0.3) is 0 Å². The summed E-state index contributed by atoms with van der Waals surface area (Å²) < 4.78 is 2.34. The van der Waals surface area contributed by atoms with Gasteiger partial charge in [-0.25, -0.2) is 0 Å². The van der Waals surface area contributed by atoms with E-state index in [-0.39, 0.29) is 10.8 Å². The van der Waals surface area contributed by atoms with Crippen molar-refractivity contribution in [1.29, 1.82) is 0 Å². The molecule has 0 aliphatic heterocycles. The molecule has 254 valence electrons. The number of hydrogen-bond acceptors (Lipinski definition) is 1. The van der Waals surface area contributed by atoms with Gasteiger partial charge in [-0.1, -0.05) is 171 Å². The summed E-state index contributed by atoms with van der Waals surface area (Å²) in [5, 5.41) is 2.25. The van der Waals surface area contributed by atoms with Crippen LogP contribution in [0.5, 0.6) is 0 Å². The highest BCUT2D eigenvalue weighted by Crippen LogP contribution is 2.62. The molecule has 0 nitrogen and oxygen atoms in total. The van der Waals surface area contributed by atoms with Crippen LogP contribution in [0.1, 0.15) is 136 Å². The molecule has 1 atom stereocenters. The fourth-order valence-corrected chi connectivity index (χ4v) is 10.9. The van der Waals surface area contributed by atoms with Crippen molar-refractivity contribution in [1.82, 2.24) is 0 Å². The molecule has 3 heteroatoms. The number of rotatable bonds is 16. The molecule has 7 rings (SSSR count). The first-order valence-corrected chi connectivity index (χ1v) is 21.4. The molecule has 1 heterocycles. The van der Waals surface area contributed by atoms with Crippen molar-refractivity contribution in [2.45, 2.75) is 115 Å². The maximum Gasteiger partial charge on any atom is 0.0807 e. The smallest absolute Gasteiger partial charge is 0.0807 e. The van der Waals surface area contributed by atoms with Crippen LogP contribution in [0.15, 0.2) is 105 Å². The Hall–Kier alpha value is -2.46. The van der Waals surface area contributed by atoms with Gasteiger partial charge >= 0.3 is 0 Å². The molecule has 2 aliphatic rings. The molecule has 0 radical (unpaired) electrons. The molecule has 5 aromatic rings. The molecule has 0 bridgehead atoms. The fourth-order valence-electron chi connectivity index (χ4n) is 9.23. The topological polar surface area (TPSA) is 0 Å². The Morgan fingerprint density at radius 3 is 1.61 bits per heavy atom. The first-order chi connectivity index (χ1) is 24.0. The third-order valence-corrected chi connectivity index (χ3v) is 13.5. The lowest BCUT2D eigenvalue weighted by atomic mass is 9.69. The summed E-state index contributed by atoms with van der Waals surface area (Å²) in [6.45, 7) is 4.64. The van der Waals surface area contributed by atoms with Gasteiger partial charge in [-0.3, -0.25) is 0 Å². The van der Waals surface area contributed by atoms with Crippen molar-refractivity contribution in [2.24, 2.45) is 0 Å². The van der Waals surface area contributed by atoms with Gasteiger partial charge < -0.3 is 0 Å². The molecule has 0 saturated carbocycles. The SMILES string of the molecule is CCCCCCCCC1(CCCCCCCC)c2cc(Br)ccc2-c2cc3c(cc21)-c1ccc(Br)cc1C3(c1ccccc1)c1cccs1. The summed E-state index contributed by atoms with van der Waals surface area (Å²) in [5.41, 5.74) is 12.7. The van der Waals surface area contributed by atoms with Crippen molar-refractivity contribution in [2.75, 3.05) is 0 Å². The Bertz CT molecular complexity index is 1860. The van der Waals surface area contributed by atoms with Gasteiger partial charge in [-0.05, 0) is 111 Å². The van der Waals surface area contributed by atoms with Crippen LogP contribution in [0.2, 0.25) is 0 Å². The number of benzene rings is 4. The molecule has 1 unspecified atom stereocenters. The minimum absolute atomic E-state index is 0.0371. The number of fused-ring (bicyclic) bond motifs is 6. The molecular formula is C46H50Br2S. The largest absolute Gasteiger partial charge is 0.147 e. The molecule has 1 aromatic heterocycles. The zero-order chi connectivity index (χ0) is 33.8. The Labute approximate surface area is 316 Å². The first-order valence-electron chi connectivity index (χ1n) is 18.9. The number of hydrogen-bond donors (Lipinski definition) is 0. The quantitative estimate of drug-likeness (QED) is 0.0856. The van der Waals surface area contributed by atoms with Gasteiger partial charge in [0.05, 0.1) is 5.41 Å². The molecule has 2 aliphatic carbocycles. The minimum atomic E-state index is -0.363. The molecule has 0 fully saturated rings. The second kappa shape index (κ2) is 15.4. The molecule has 0 spiro atoms. The zero-order valence-corrected chi connectivity index (χ0v) is 33.3. The lowest BCUT2D eigenvalue weighted by Crippen LogP contribution is -2.28. The predicted octanol–water partition coefficient (Wildman–Crippen LogP) is 15.4. The van der Waals surface area contributed by atoms with Crippen LogP contribution in [0.3, 0.4) is 0 Å². The van der Waals surface area contributed by atoms with Gasteiger partial charge in [-0.2, -0.15) is 0 Å². The highest BCUT2D eigenvalue weighted by Gasteiger charge is 2.50. The van der Waals surface area contributed by atoms with Gasteiger partial charge in [0.1, 0.15) is 0 Å². The summed E-state index contributed by atoms with van der Waals surface area (Å²) in [7, 11) is 0. The molecule has 4 aromatic carbocycles. The monoisotopic (exact) mass is 792 g/mol. The molecule has 0 amide bonds. The molecule has 0 N–H and O–H groups in total. The van der Waals surface area contributed by atoms with E-state index in [2.05, 4.69) is 142 Å². The lowest BCUT2D eigenvalue weighted by molar-refractivity contribution is 0.398. The van der Waals surface area contributed by atoms with Crippen LogP contribution in [0.4, 0.5) is 0 Å². The van der Waals surface area contributed by atoms with E-state index >= 15 is 0 Å². The fraction of sp³-hybridized carbons (Fsp3) is 0.391. The van der Waals surface area contributed by atoms with Crippen molar-refractivity contribution >= 4 is 43.2 Å². The number of halogens is 2. The maximum absolute atomic E-state index is 3.94. The summed E-state index contributed by atoms with van der Waals surface area (Å²) in [6.07, 6.45) is 18.4. The van der Waals surface area contributed by atoms with Gasteiger partial charge in [0.15, 0.2) is 0 Å². The van der Waals surface area contributed by atoms with Crippen molar-refractivity contribution in [3.05, 3.63) is 138 Å². The van der Waals surface area contributed by atoms with E-state index in [0.717, 1.165) is 4.47 Å². The van der Waals surface area contributed by atoms with E-state index in [1.54, 1.807) is 11.1 Å². The van der Waals surface area contributed by atoms with Crippen LogP contribution in [-0.4, -0.2) is 0 Å². The Balaban J connectivity index is 1.42. The van der Waals surface area contributed by atoms with E-state index in [4.69, 9.17) is 0 Å². The summed E-state index contributed by atoms with van der Waals surface area (Å²) in [6, 6.07) is 35.4. The standard InChI is InChI=1S/C46H50Br2S/c1-3-5-7-9-11-16-26-45(27-17-12-10-8-6-4-2)40-29-34(47)22-24-36(40)38-32-43-39(31-41(38)45)37-25-23-35(48)30-42(37)46(43,44-21-18-28-49-44)33-19-14-13-15-20-33/h13-15,18-25,28-32H,3-12,16-17,26-27H2,1-2H3. The van der Waals surface area contributed by atoms with E-state index in [1.165, 1.54) is 138 Å². The average Bonchev–Trinajstić information content (AvgIpc) is 3.81. The second-order valence-electron chi connectivity index (χ2n) is 14.5. The number of unbranched alkanes of at least 4 members (excludes halogenated alkanes) is 10. The Morgan fingerprint density at radius 2 is 1.00 bits per heavy atom. The van der Waals surface area contributed by atoms with Crippen LogP contribution in [0.25, 0.3) is 22.3 Å². The third-order valence-electron chi connectivity index (χ3n) is 11.6. The van der Waals surface area contributed by atoms with Gasteiger partial charge in [0.2, 0.25) is 0 Å². The predicted molar refractivity (Wildman–Crippen MR) is 219 cm³/mol. The average molecular weight is 795 g/mol. The van der Waals surface area contributed by atoms with Crippen LogP contribution in [-0.2, 0) is 10.8 Å². The lowest BCUT2D eigenvalue weighted by Gasteiger charge is -2.34. The van der Waals surface area contributed by atoms with E-state index in [0.29, 0.717) is 0 Å². The summed E-state index contributed by atoms with van der Waals surface area (Å²) in [4.78, 5) is 1.39.